The number of Topliss-reactive ketones (excluding diaryl/α,β-unsaturated/α-hetero) is 1. The third kappa shape index (κ3) is 6.36. The van der Waals surface area contributed by atoms with Gasteiger partial charge in [0.25, 0.3) is 0 Å². The summed E-state index contributed by atoms with van der Waals surface area (Å²) in [7, 11) is 1.56. The molecule has 0 spiro atoms. The van der Waals surface area contributed by atoms with Crippen molar-refractivity contribution in [1.29, 1.82) is 0 Å². The Hall–Kier alpha value is -3.36. The van der Waals surface area contributed by atoms with Crippen LogP contribution in [0.5, 0.6) is 0 Å². The van der Waals surface area contributed by atoms with E-state index in [0.29, 0.717) is 29.2 Å². The molecule has 0 saturated carbocycles. The Labute approximate surface area is 203 Å². The molecule has 7 nitrogen and oxygen atoms in total. The summed E-state index contributed by atoms with van der Waals surface area (Å²) in [6.07, 6.45) is 0. The summed E-state index contributed by atoms with van der Waals surface area (Å²) in [5, 5.41) is 2.74. The molecule has 0 fully saturated rings. The number of amides is 1. The van der Waals surface area contributed by atoms with Crippen LogP contribution in [0.1, 0.15) is 32.1 Å². The Kier molecular flexibility index (Phi) is 9.07. The van der Waals surface area contributed by atoms with Crippen LogP contribution in [0, 0.1) is 13.8 Å². The molecule has 1 amide bonds. The number of hydrogen-bond acceptors (Lipinski definition) is 6. The summed E-state index contributed by atoms with van der Waals surface area (Å²) in [6, 6.07) is 18.4. The molecular weight excluding hydrogens is 452 g/mol. The number of nitrogens with one attached hydrogen (secondary N) is 1. The van der Waals surface area contributed by atoms with E-state index in [1.807, 2.05) is 54.8 Å². The average molecular weight is 481 g/mol. The lowest BCUT2D eigenvalue weighted by atomic mass is 10.1. The van der Waals surface area contributed by atoms with Crippen molar-refractivity contribution >= 4 is 29.4 Å². The van der Waals surface area contributed by atoms with Crippen LogP contribution < -0.4 is 5.32 Å². The second-order valence-corrected chi connectivity index (χ2v) is 8.60. The van der Waals surface area contributed by atoms with E-state index >= 15 is 0 Å². The van der Waals surface area contributed by atoms with E-state index in [1.165, 1.54) is 11.8 Å². The van der Waals surface area contributed by atoms with Crippen LogP contribution >= 0.6 is 11.8 Å². The lowest BCUT2D eigenvalue weighted by Gasteiger charge is -2.10. The van der Waals surface area contributed by atoms with Gasteiger partial charge in [-0.15, -0.1) is 11.8 Å². The molecule has 2 aromatic carbocycles. The van der Waals surface area contributed by atoms with Crippen molar-refractivity contribution in [3.05, 3.63) is 83.2 Å². The fourth-order valence-electron chi connectivity index (χ4n) is 3.55. The van der Waals surface area contributed by atoms with Crippen molar-refractivity contribution in [2.45, 2.75) is 18.7 Å². The molecule has 8 heteroatoms. The molecule has 0 aliphatic heterocycles. The molecular formula is C26H28N2O5S. The predicted octanol–water partition coefficient (Wildman–Crippen LogP) is 3.99. The maximum atomic E-state index is 12.9. The van der Waals surface area contributed by atoms with Crippen molar-refractivity contribution in [3.8, 4) is 5.69 Å². The number of hydrogen-bond donors (Lipinski definition) is 1. The molecule has 0 aliphatic carbocycles. The topological polar surface area (TPSA) is 86.6 Å². The van der Waals surface area contributed by atoms with Crippen LogP contribution in [0.3, 0.4) is 0 Å². The largest absolute Gasteiger partial charge is 0.454 e. The predicted molar refractivity (Wildman–Crippen MR) is 132 cm³/mol. The summed E-state index contributed by atoms with van der Waals surface area (Å²) in [5.41, 5.74) is 3.51. The first-order valence-electron chi connectivity index (χ1n) is 10.8. The van der Waals surface area contributed by atoms with Gasteiger partial charge in [-0.1, -0.05) is 30.3 Å². The van der Waals surface area contributed by atoms with Crippen molar-refractivity contribution in [2.24, 2.45) is 0 Å². The summed E-state index contributed by atoms with van der Waals surface area (Å²) in [5.74, 6) is -0.883. The number of aromatic nitrogens is 1. The van der Waals surface area contributed by atoms with Gasteiger partial charge in [0.15, 0.2) is 6.61 Å². The van der Waals surface area contributed by atoms with Crippen molar-refractivity contribution in [2.75, 3.05) is 32.6 Å². The number of methoxy groups -OCH3 is 1. The monoisotopic (exact) mass is 480 g/mol. The molecule has 3 aromatic rings. The fourth-order valence-corrected chi connectivity index (χ4v) is 4.42. The second kappa shape index (κ2) is 12.2. The molecule has 0 bridgehead atoms. The van der Waals surface area contributed by atoms with Gasteiger partial charge in [-0.2, -0.15) is 0 Å². The third-order valence-corrected chi connectivity index (χ3v) is 6.25. The summed E-state index contributed by atoms with van der Waals surface area (Å²) in [6.45, 7) is 4.29. The van der Waals surface area contributed by atoms with Gasteiger partial charge >= 0.3 is 5.97 Å². The highest BCUT2D eigenvalue weighted by molar-refractivity contribution is 8.00. The summed E-state index contributed by atoms with van der Waals surface area (Å²) < 4.78 is 12.3. The van der Waals surface area contributed by atoms with Gasteiger partial charge in [-0.05, 0) is 44.2 Å². The van der Waals surface area contributed by atoms with Gasteiger partial charge < -0.3 is 19.4 Å². The molecule has 1 aromatic heterocycles. The van der Waals surface area contributed by atoms with E-state index in [1.54, 1.807) is 31.4 Å². The number of ether oxygens (including phenoxy) is 2. The highest BCUT2D eigenvalue weighted by Gasteiger charge is 2.20. The number of nitrogens with zero attached hydrogens (tertiary/aromatic N) is 1. The maximum Gasteiger partial charge on any atom is 0.339 e. The number of para-hydroxylation sites is 1. The molecule has 0 atom stereocenters. The quantitative estimate of drug-likeness (QED) is 0.193. The molecule has 3 rings (SSSR count). The average Bonchev–Trinajstić information content (AvgIpc) is 3.15. The Bertz CT molecular complexity index is 1160. The Morgan fingerprint density at radius 2 is 1.68 bits per heavy atom. The van der Waals surface area contributed by atoms with Gasteiger partial charge in [0.1, 0.15) is 0 Å². The standard InChI is InChI=1S/C26H28N2O5S/c1-18-15-22(19(2)28(18)20-9-5-4-6-10-20)23(29)16-33-26(31)21-11-7-8-12-24(21)34-17-25(30)27-13-14-32-3/h4-12,15H,13-14,16-17H2,1-3H3,(H,27,30). The maximum absolute atomic E-state index is 12.9. The molecule has 34 heavy (non-hydrogen) atoms. The zero-order chi connectivity index (χ0) is 24.5. The van der Waals surface area contributed by atoms with Crippen LogP contribution in [0.2, 0.25) is 0 Å². The van der Waals surface area contributed by atoms with Gasteiger partial charge in [0.2, 0.25) is 11.7 Å². The van der Waals surface area contributed by atoms with Crippen molar-refractivity contribution in [1.82, 2.24) is 9.88 Å². The van der Waals surface area contributed by atoms with Crippen LogP contribution in [0.4, 0.5) is 0 Å². The smallest absolute Gasteiger partial charge is 0.339 e. The van der Waals surface area contributed by atoms with Crippen LogP contribution in [-0.2, 0) is 14.3 Å². The Morgan fingerprint density at radius 1 is 0.971 bits per heavy atom. The first-order chi connectivity index (χ1) is 16.4. The van der Waals surface area contributed by atoms with E-state index in [9.17, 15) is 14.4 Å². The zero-order valence-electron chi connectivity index (χ0n) is 19.5. The second-order valence-electron chi connectivity index (χ2n) is 7.58. The highest BCUT2D eigenvalue weighted by Crippen LogP contribution is 2.24. The molecule has 1 N–H and O–H groups in total. The molecule has 0 unspecified atom stereocenters. The van der Waals surface area contributed by atoms with Gasteiger partial charge in [0.05, 0.1) is 17.9 Å². The van der Waals surface area contributed by atoms with E-state index in [0.717, 1.165) is 17.1 Å². The number of benzene rings is 2. The zero-order valence-corrected chi connectivity index (χ0v) is 20.3. The molecule has 0 radical (unpaired) electrons. The SMILES string of the molecule is COCCNC(=O)CSc1ccccc1C(=O)OCC(=O)c1cc(C)n(-c2ccccc2)c1C. The number of rotatable bonds is 11. The number of esters is 1. The number of carbonyl (C=O) groups is 3. The van der Waals surface area contributed by atoms with Gasteiger partial charge in [-0.25, -0.2) is 4.79 Å². The molecule has 0 aliphatic rings. The van der Waals surface area contributed by atoms with E-state index in [-0.39, 0.29) is 24.1 Å². The minimum absolute atomic E-state index is 0.151. The molecule has 1 heterocycles. The third-order valence-electron chi connectivity index (χ3n) is 5.17. The molecule has 0 saturated heterocycles. The number of aryl methyl sites for hydroxylation is 1. The normalized spacial score (nSPS) is 10.7. The first-order valence-corrected chi connectivity index (χ1v) is 11.8. The van der Waals surface area contributed by atoms with Crippen molar-refractivity contribution in [3.63, 3.8) is 0 Å². The van der Waals surface area contributed by atoms with Crippen LogP contribution in [0.15, 0.2) is 65.6 Å². The minimum atomic E-state index is -0.604. The highest BCUT2D eigenvalue weighted by atomic mass is 32.2. The number of thioether (sulfide) groups is 1. The minimum Gasteiger partial charge on any atom is -0.454 e. The summed E-state index contributed by atoms with van der Waals surface area (Å²) >= 11 is 1.24. The van der Waals surface area contributed by atoms with Gasteiger partial charge in [0, 0.05) is 41.2 Å². The first kappa shape index (κ1) is 25.3. The summed E-state index contributed by atoms with van der Waals surface area (Å²) in [4.78, 5) is 38.2. The lowest BCUT2D eigenvalue weighted by molar-refractivity contribution is -0.118. The van der Waals surface area contributed by atoms with Crippen LogP contribution in [-0.4, -0.2) is 54.8 Å². The van der Waals surface area contributed by atoms with E-state index in [2.05, 4.69) is 5.32 Å². The molecule has 178 valence electrons. The Balaban J connectivity index is 1.63. The van der Waals surface area contributed by atoms with Gasteiger partial charge in [-0.3, -0.25) is 9.59 Å². The van der Waals surface area contributed by atoms with E-state index < -0.39 is 5.97 Å². The van der Waals surface area contributed by atoms with Crippen LogP contribution in [0.25, 0.3) is 5.69 Å². The Morgan fingerprint density at radius 3 is 2.41 bits per heavy atom. The number of ketones is 1. The van der Waals surface area contributed by atoms with E-state index in [4.69, 9.17) is 9.47 Å². The number of carbonyl (C=O) groups excluding carboxylic acids is 3. The van der Waals surface area contributed by atoms with Crippen molar-refractivity contribution < 1.29 is 23.9 Å². The lowest BCUT2D eigenvalue weighted by Crippen LogP contribution is -2.28. The fraction of sp³-hybridized carbons (Fsp3) is 0.269.